The van der Waals surface area contributed by atoms with Crippen LogP contribution >= 0.6 is 0 Å². The minimum absolute atomic E-state index is 0.118. The molecule has 3 aromatic rings. The topological polar surface area (TPSA) is 166 Å². The molecular formula is C38H49N7O7. The molecule has 3 heterocycles. The smallest absolute Gasteiger partial charge is 0.410 e. The van der Waals surface area contributed by atoms with Crippen LogP contribution in [0.4, 0.5) is 20.1 Å². The van der Waals surface area contributed by atoms with Crippen LogP contribution in [0.5, 0.6) is 0 Å². The molecular weight excluding hydrogens is 666 g/mol. The summed E-state index contributed by atoms with van der Waals surface area (Å²) in [5, 5.41) is 5.11. The number of alkyl carbamates (subject to hydrolysis) is 1. The molecule has 1 aromatic heterocycles. The number of hydrogen-bond acceptors (Lipinski definition) is 8. The van der Waals surface area contributed by atoms with Crippen LogP contribution in [-0.4, -0.2) is 94.7 Å². The number of carbonyl (C=O) groups is 5. The minimum atomic E-state index is -0.771. The molecule has 2 saturated heterocycles. The molecule has 0 aliphatic carbocycles. The number of amides is 6. The molecule has 52 heavy (non-hydrogen) atoms. The average molecular weight is 716 g/mol. The van der Waals surface area contributed by atoms with Gasteiger partial charge in [0.15, 0.2) is 0 Å². The molecule has 14 nitrogen and oxygen atoms in total. The molecule has 2 aliphatic rings. The second-order valence-electron chi connectivity index (χ2n) is 14.5. The Morgan fingerprint density at radius 2 is 1.50 bits per heavy atom. The zero-order valence-electron chi connectivity index (χ0n) is 30.9. The number of ether oxygens (including phenoxy) is 2. The maximum Gasteiger partial charge on any atom is 0.410 e. The number of aromatic nitrogens is 2. The molecule has 14 heteroatoms. The Morgan fingerprint density at radius 1 is 0.904 bits per heavy atom. The number of aromatic amines is 1. The van der Waals surface area contributed by atoms with Crippen molar-refractivity contribution in [2.45, 2.75) is 84.0 Å². The Hall–Kier alpha value is -5.40. The molecule has 1 unspecified atom stereocenters. The number of imide groups is 1. The van der Waals surface area contributed by atoms with Gasteiger partial charge in [0.25, 0.3) is 5.91 Å². The first-order chi connectivity index (χ1) is 24.7. The number of nitrogens with one attached hydrogen (secondary N) is 3. The summed E-state index contributed by atoms with van der Waals surface area (Å²) in [5.41, 5.74) is 3.54. The summed E-state index contributed by atoms with van der Waals surface area (Å²) < 4.78 is 10.2. The summed E-state index contributed by atoms with van der Waals surface area (Å²) in [6.07, 6.45) is 3.24. The van der Waals surface area contributed by atoms with Gasteiger partial charge in [0.05, 0.1) is 25.0 Å². The predicted molar refractivity (Wildman–Crippen MR) is 195 cm³/mol. The van der Waals surface area contributed by atoms with Crippen LogP contribution in [0.15, 0.2) is 54.7 Å². The summed E-state index contributed by atoms with van der Waals surface area (Å²) in [6, 6.07) is 13.1. The van der Waals surface area contributed by atoms with Gasteiger partial charge in [0, 0.05) is 25.8 Å². The van der Waals surface area contributed by atoms with Crippen molar-refractivity contribution in [1.29, 1.82) is 0 Å². The molecule has 0 spiro atoms. The van der Waals surface area contributed by atoms with Crippen molar-refractivity contribution in [2.24, 2.45) is 5.92 Å². The van der Waals surface area contributed by atoms with E-state index >= 15 is 0 Å². The fraction of sp³-hybridized carbons (Fsp3) is 0.474. The van der Waals surface area contributed by atoms with Gasteiger partial charge in [-0.1, -0.05) is 50.2 Å². The summed E-state index contributed by atoms with van der Waals surface area (Å²) in [5.74, 6) is -0.123. The fourth-order valence-corrected chi connectivity index (χ4v) is 6.53. The largest absolute Gasteiger partial charge is 0.453 e. The molecule has 0 saturated carbocycles. The second-order valence-corrected chi connectivity index (χ2v) is 14.5. The number of urea groups is 1. The van der Waals surface area contributed by atoms with E-state index in [0.29, 0.717) is 37.4 Å². The van der Waals surface area contributed by atoms with Crippen LogP contribution in [-0.2, 0) is 19.1 Å². The van der Waals surface area contributed by atoms with E-state index in [2.05, 4.69) is 20.6 Å². The lowest BCUT2D eigenvalue weighted by atomic mass is 10.0. The van der Waals surface area contributed by atoms with Gasteiger partial charge in [-0.2, -0.15) is 0 Å². The van der Waals surface area contributed by atoms with Crippen molar-refractivity contribution in [1.82, 2.24) is 30.4 Å². The fourth-order valence-electron chi connectivity index (χ4n) is 6.53. The van der Waals surface area contributed by atoms with Gasteiger partial charge in [0.2, 0.25) is 5.91 Å². The van der Waals surface area contributed by atoms with Gasteiger partial charge in [-0.3, -0.25) is 24.7 Å². The molecule has 0 radical (unpaired) electrons. The van der Waals surface area contributed by atoms with Crippen molar-refractivity contribution in [3.63, 3.8) is 0 Å². The molecule has 2 fully saturated rings. The van der Waals surface area contributed by atoms with Crippen LogP contribution < -0.4 is 15.5 Å². The third kappa shape index (κ3) is 8.72. The number of hydrogen-bond donors (Lipinski definition) is 3. The van der Waals surface area contributed by atoms with E-state index in [0.717, 1.165) is 35.2 Å². The van der Waals surface area contributed by atoms with Gasteiger partial charge < -0.3 is 24.7 Å². The maximum atomic E-state index is 13.5. The number of methoxy groups -OCH3 is 1. The highest BCUT2D eigenvalue weighted by molar-refractivity contribution is 6.04. The highest BCUT2D eigenvalue weighted by Gasteiger charge is 2.39. The molecule has 278 valence electrons. The standard InChI is InChI=1S/C38H49N7O7/c1-23(2)31(41-36(49)51-7)34(47)44-20-8-10-29(44)32-39-22-28(40-32)26-14-12-24(13-15-26)25-16-18-27(19-17-25)43(6)35(48)42-33(46)30-11-9-21-45(30)37(50)52-38(3,4)5/h12-19,22-23,29-31H,8-11,20-21H2,1-7H3,(H,39,40)(H,41,49)(H,42,46,48)/t29-,30?,31-/m0/s1. The van der Waals surface area contributed by atoms with Crippen LogP contribution in [0.2, 0.25) is 0 Å². The highest BCUT2D eigenvalue weighted by atomic mass is 16.6. The lowest BCUT2D eigenvalue weighted by molar-refractivity contribution is -0.135. The minimum Gasteiger partial charge on any atom is -0.453 e. The van der Waals surface area contributed by atoms with E-state index in [1.165, 1.54) is 16.9 Å². The SMILES string of the molecule is COC(=O)N[C@H](C(=O)N1CCC[C@H]1c1ncc(-c2ccc(-c3ccc(N(C)C(=O)NC(=O)C4CCCN4C(=O)OC(C)(C)C)cc3)cc2)[nH]1)C(C)C. The number of likely N-dealkylation sites (tertiary alicyclic amines) is 2. The van der Waals surface area contributed by atoms with E-state index in [-0.39, 0.29) is 17.9 Å². The number of anilines is 1. The van der Waals surface area contributed by atoms with Crippen LogP contribution in [0.3, 0.4) is 0 Å². The zero-order valence-corrected chi connectivity index (χ0v) is 30.9. The van der Waals surface area contributed by atoms with Crippen LogP contribution in [0.1, 0.15) is 72.2 Å². The average Bonchev–Trinajstić information content (AvgIpc) is 3.90. The van der Waals surface area contributed by atoms with E-state index in [4.69, 9.17) is 9.47 Å². The Labute approximate surface area is 304 Å². The van der Waals surface area contributed by atoms with Crippen molar-refractivity contribution in [3.05, 3.63) is 60.6 Å². The van der Waals surface area contributed by atoms with Gasteiger partial charge in [0.1, 0.15) is 23.5 Å². The number of carbonyl (C=O) groups excluding carboxylic acids is 5. The maximum absolute atomic E-state index is 13.5. The van der Waals surface area contributed by atoms with Gasteiger partial charge in [-0.05, 0) is 81.2 Å². The number of benzene rings is 2. The summed E-state index contributed by atoms with van der Waals surface area (Å²) in [4.78, 5) is 76.5. The number of imidazole rings is 1. The Bertz CT molecular complexity index is 1760. The predicted octanol–water partition coefficient (Wildman–Crippen LogP) is 5.86. The lowest BCUT2D eigenvalue weighted by Crippen LogP contribution is -2.51. The van der Waals surface area contributed by atoms with Gasteiger partial charge in [-0.15, -0.1) is 0 Å². The Kier molecular flexibility index (Phi) is 11.6. The normalized spacial score (nSPS) is 17.8. The molecule has 3 atom stereocenters. The summed E-state index contributed by atoms with van der Waals surface area (Å²) in [7, 11) is 2.85. The highest BCUT2D eigenvalue weighted by Crippen LogP contribution is 2.33. The van der Waals surface area contributed by atoms with E-state index in [1.807, 2.05) is 50.2 Å². The first-order valence-electron chi connectivity index (χ1n) is 17.7. The molecule has 3 N–H and O–H groups in total. The molecule has 2 aliphatic heterocycles. The third-order valence-electron chi connectivity index (χ3n) is 9.34. The Morgan fingerprint density at radius 3 is 2.12 bits per heavy atom. The van der Waals surface area contributed by atoms with Crippen molar-refractivity contribution >= 4 is 35.7 Å². The van der Waals surface area contributed by atoms with Crippen molar-refractivity contribution in [3.8, 4) is 22.4 Å². The first kappa shape index (κ1) is 37.8. The molecule has 0 bridgehead atoms. The first-order valence-corrected chi connectivity index (χ1v) is 17.7. The van der Waals surface area contributed by atoms with Gasteiger partial charge >= 0.3 is 18.2 Å². The summed E-state index contributed by atoms with van der Waals surface area (Å²) in [6.45, 7) is 10.0. The lowest BCUT2D eigenvalue weighted by Gasteiger charge is -2.30. The van der Waals surface area contributed by atoms with E-state index in [1.54, 1.807) is 51.0 Å². The van der Waals surface area contributed by atoms with Crippen molar-refractivity contribution < 1.29 is 33.4 Å². The molecule has 6 amide bonds. The Balaban J connectivity index is 1.19. The zero-order chi connectivity index (χ0) is 37.7. The molecule has 2 aromatic carbocycles. The quantitative estimate of drug-likeness (QED) is 0.261. The third-order valence-corrected chi connectivity index (χ3v) is 9.34. The molecule has 5 rings (SSSR count). The number of rotatable bonds is 8. The number of nitrogens with zero attached hydrogens (tertiary/aromatic N) is 4. The van der Waals surface area contributed by atoms with Gasteiger partial charge in [-0.25, -0.2) is 19.4 Å². The van der Waals surface area contributed by atoms with Crippen LogP contribution in [0, 0.1) is 5.92 Å². The van der Waals surface area contributed by atoms with E-state index in [9.17, 15) is 24.0 Å². The summed E-state index contributed by atoms with van der Waals surface area (Å²) >= 11 is 0. The second kappa shape index (κ2) is 15.9. The monoisotopic (exact) mass is 715 g/mol. The van der Waals surface area contributed by atoms with E-state index < -0.39 is 41.8 Å². The van der Waals surface area contributed by atoms with Crippen LogP contribution in [0.25, 0.3) is 22.4 Å². The van der Waals surface area contributed by atoms with Crippen molar-refractivity contribution in [2.75, 3.05) is 32.1 Å². The number of H-pyrrole nitrogens is 1.